The van der Waals surface area contributed by atoms with Gasteiger partial charge in [0, 0.05) is 6.61 Å². The molecule has 2 heterocycles. The Hall–Kier alpha value is -1.25. The van der Waals surface area contributed by atoms with Gasteiger partial charge in [0.05, 0.1) is 24.4 Å². The molecule has 2 rings (SSSR count). The number of nitrogens with zero attached hydrogens (tertiary/aromatic N) is 3. The summed E-state index contributed by atoms with van der Waals surface area (Å²) in [6.45, 7) is 6.52. The topological polar surface area (TPSA) is 100 Å². The maximum atomic E-state index is 12.3. The fourth-order valence-electron chi connectivity index (χ4n) is 2.38. The molecule has 7 nitrogen and oxygen atoms in total. The van der Waals surface area contributed by atoms with Gasteiger partial charge in [0.2, 0.25) is 15.0 Å². The van der Waals surface area contributed by atoms with Crippen molar-refractivity contribution in [3.05, 3.63) is 18.5 Å². The fraction of sp³-hybridized carbons (Fsp3) is 0.692. The van der Waals surface area contributed by atoms with E-state index in [0.29, 0.717) is 25.4 Å². The van der Waals surface area contributed by atoms with Crippen molar-refractivity contribution < 1.29 is 13.2 Å². The molecule has 0 amide bonds. The maximum Gasteiger partial charge on any atom is 0.250 e. The van der Waals surface area contributed by atoms with Gasteiger partial charge in [0.1, 0.15) is 0 Å². The van der Waals surface area contributed by atoms with Gasteiger partial charge in [-0.05, 0) is 19.3 Å². The average Bonchev–Trinajstić information content (AvgIpc) is 3.08. The first-order chi connectivity index (χ1) is 9.99. The first-order valence-corrected chi connectivity index (χ1v) is 8.78. The molecule has 2 N–H and O–H groups in total. The number of hydrogen-bond acceptors (Lipinski definition) is 6. The smallest absolute Gasteiger partial charge is 0.250 e. The molecule has 0 spiro atoms. The van der Waals surface area contributed by atoms with Crippen molar-refractivity contribution in [1.29, 1.82) is 0 Å². The summed E-state index contributed by atoms with van der Waals surface area (Å²) in [4.78, 5) is 0. The lowest BCUT2D eigenvalue weighted by atomic mass is 10.2. The Balaban J connectivity index is 2.40. The molecule has 2 atom stereocenters. The summed E-state index contributed by atoms with van der Waals surface area (Å²) in [5.41, 5.74) is 6.02. The SMILES string of the molecule is C=CCS(=O)(=O)c1nnc(C(N)CC)n1CC1CCCO1. The molecule has 8 heteroatoms. The van der Waals surface area contributed by atoms with Crippen LogP contribution >= 0.6 is 0 Å². The van der Waals surface area contributed by atoms with Crippen molar-refractivity contribution in [3.63, 3.8) is 0 Å². The fourth-order valence-corrected chi connectivity index (χ4v) is 3.51. The number of hydrogen-bond donors (Lipinski definition) is 1. The van der Waals surface area contributed by atoms with Crippen molar-refractivity contribution in [2.24, 2.45) is 5.73 Å². The zero-order valence-corrected chi connectivity index (χ0v) is 13.1. The van der Waals surface area contributed by atoms with Crippen LogP contribution in [0, 0.1) is 0 Å². The molecule has 0 bridgehead atoms. The third kappa shape index (κ3) is 3.50. The Morgan fingerprint density at radius 3 is 2.90 bits per heavy atom. The summed E-state index contributed by atoms with van der Waals surface area (Å²) < 4.78 is 31.7. The van der Waals surface area contributed by atoms with Crippen LogP contribution in [0.4, 0.5) is 0 Å². The molecule has 0 aliphatic carbocycles. The maximum absolute atomic E-state index is 12.3. The van der Waals surface area contributed by atoms with Crippen molar-refractivity contribution in [1.82, 2.24) is 14.8 Å². The number of nitrogens with two attached hydrogens (primary N) is 1. The minimum absolute atomic E-state index is 0.0125. The monoisotopic (exact) mass is 314 g/mol. The van der Waals surface area contributed by atoms with E-state index in [1.807, 2.05) is 6.92 Å². The minimum Gasteiger partial charge on any atom is -0.376 e. The Bertz CT molecular complexity index is 591. The van der Waals surface area contributed by atoms with Crippen molar-refractivity contribution >= 4 is 9.84 Å². The summed E-state index contributed by atoms with van der Waals surface area (Å²) in [7, 11) is -3.54. The van der Waals surface area contributed by atoms with Gasteiger partial charge in [0.15, 0.2) is 5.82 Å². The van der Waals surface area contributed by atoms with Gasteiger partial charge >= 0.3 is 0 Å². The number of ether oxygens (including phenoxy) is 1. The molecule has 1 fully saturated rings. The van der Waals surface area contributed by atoms with Gasteiger partial charge in [-0.2, -0.15) is 0 Å². The van der Waals surface area contributed by atoms with Crippen LogP contribution in [0.25, 0.3) is 0 Å². The van der Waals surface area contributed by atoms with Gasteiger partial charge in [-0.3, -0.25) is 4.57 Å². The third-order valence-electron chi connectivity index (χ3n) is 3.54. The highest BCUT2D eigenvalue weighted by Crippen LogP contribution is 2.21. The van der Waals surface area contributed by atoms with E-state index in [4.69, 9.17) is 10.5 Å². The van der Waals surface area contributed by atoms with Crippen molar-refractivity contribution in [2.45, 2.75) is 50.0 Å². The zero-order chi connectivity index (χ0) is 15.5. The predicted molar refractivity (Wildman–Crippen MR) is 78.5 cm³/mol. The van der Waals surface area contributed by atoms with Crippen molar-refractivity contribution in [3.8, 4) is 0 Å². The normalized spacial score (nSPS) is 20.6. The largest absolute Gasteiger partial charge is 0.376 e. The molecule has 21 heavy (non-hydrogen) atoms. The second kappa shape index (κ2) is 6.67. The number of sulfone groups is 1. The van der Waals surface area contributed by atoms with E-state index < -0.39 is 9.84 Å². The second-order valence-corrected chi connectivity index (χ2v) is 7.10. The summed E-state index contributed by atoms with van der Waals surface area (Å²) in [6, 6.07) is -0.341. The third-order valence-corrected chi connectivity index (χ3v) is 5.08. The van der Waals surface area contributed by atoms with E-state index in [1.165, 1.54) is 6.08 Å². The van der Waals surface area contributed by atoms with E-state index in [2.05, 4.69) is 16.8 Å². The highest BCUT2D eigenvalue weighted by atomic mass is 32.2. The summed E-state index contributed by atoms with van der Waals surface area (Å²) in [6.07, 6.45) is 3.88. The van der Waals surface area contributed by atoms with E-state index in [-0.39, 0.29) is 23.1 Å². The molecule has 0 radical (unpaired) electrons. The van der Waals surface area contributed by atoms with E-state index in [0.717, 1.165) is 12.8 Å². The molecule has 1 aliphatic heterocycles. The number of rotatable bonds is 7. The van der Waals surface area contributed by atoms with Crippen LogP contribution < -0.4 is 5.73 Å². The van der Waals surface area contributed by atoms with Crippen LogP contribution in [0.15, 0.2) is 17.8 Å². The second-order valence-electron chi connectivity index (χ2n) is 5.17. The zero-order valence-electron chi connectivity index (χ0n) is 12.2. The van der Waals surface area contributed by atoms with Gasteiger partial charge in [-0.1, -0.05) is 13.0 Å². The van der Waals surface area contributed by atoms with E-state index in [1.54, 1.807) is 4.57 Å². The molecular weight excluding hydrogens is 292 g/mol. The highest BCUT2D eigenvalue weighted by Gasteiger charge is 2.28. The van der Waals surface area contributed by atoms with Crippen LogP contribution in [0.2, 0.25) is 0 Å². The van der Waals surface area contributed by atoms with E-state index >= 15 is 0 Å². The average molecular weight is 314 g/mol. The quantitative estimate of drug-likeness (QED) is 0.748. The molecule has 2 unspecified atom stereocenters. The molecule has 0 saturated carbocycles. The minimum atomic E-state index is -3.54. The lowest BCUT2D eigenvalue weighted by molar-refractivity contribution is 0.0937. The predicted octanol–water partition coefficient (Wildman–Crippen LogP) is 0.827. The molecule has 1 aliphatic rings. The standard InChI is InChI=1S/C13H22N4O3S/c1-3-8-21(18,19)13-16-15-12(11(14)4-2)17(13)9-10-6-5-7-20-10/h3,10-11H,1,4-9,14H2,2H3. The Morgan fingerprint density at radius 2 is 2.33 bits per heavy atom. The van der Waals surface area contributed by atoms with Gasteiger partial charge < -0.3 is 10.5 Å². The van der Waals surface area contributed by atoms with Gasteiger partial charge in [-0.15, -0.1) is 16.8 Å². The van der Waals surface area contributed by atoms with Crippen LogP contribution in [-0.2, 0) is 21.1 Å². The molecule has 118 valence electrons. The van der Waals surface area contributed by atoms with Gasteiger partial charge in [0.25, 0.3) is 0 Å². The van der Waals surface area contributed by atoms with Crippen LogP contribution in [0.1, 0.15) is 38.1 Å². The van der Waals surface area contributed by atoms with Crippen LogP contribution in [0.3, 0.4) is 0 Å². The molecular formula is C13H22N4O3S. The van der Waals surface area contributed by atoms with Crippen LogP contribution in [0.5, 0.6) is 0 Å². The Morgan fingerprint density at radius 1 is 1.57 bits per heavy atom. The lowest BCUT2D eigenvalue weighted by Gasteiger charge is -2.16. The summed E-state index contributed by atoms with van der Waals surface area (Å²) >= 11 is 0. The first-order valence-electron chi connectivity index (χ1n) is 7.13. The first kappa shape index (κ1) is 16.1. The summed E-state index contributed by atoms with van der Waals surface area (Å²) in [5.74, 6) is 0.327. The molecule has 0 aromatic carbocycles. The highest BCUT2D eigenvalue weighted by molar-refractivity contribution is 7.91. The van der Waals surface area contributed by atoms with E-state index in [9.17, 15) is 8.42 Å². The molecule has 1 aromatic rings. The van der Waals surface area contributed by atoms with Gasteiger partial charge in [-0.25, -0.2) is 8.42 Å². The van der Waals surface area contributed by atoms with Crippen molar-refractivity contribution in [2.75, 3.05) is 12.4 Å². The summed E-state index contributed by atoms with van der Waals surface area (Å²) in [5, 5.41) is 7.81. The number of aromatic nitrogens is 3. The molecule has 1 saturated heterocycles. The Kier molecular flexibility index (Phi) is 5.13. The lowest BCUT2D eigenvalue weighted by Crippen LogP contribution is -2.24. The molecule has 1 aromatic heterocycles. The Labute approximate surface area is 125 Å². The van der Waals surface area contributed by atoms with Crippen LogP contribution in [-0.4, -0.2) is 41.6 Å².